The lowest BCUT2D eigenvalue weighted by molar-refractivity contribution is -0.117. The number of ketones is 1. The third kappa shape index (κ3) is 8.93. The van der Waals surface area contributed by atoms with Gasteiger partial charge >= 0.3 is 0 Å². The summed E-state index contributed by atoms with van der Waals surface area (Å²) < 4.78 is 13.1. The maximum atomic E-state index is 13.6. The molecule has 2 aromatic carbocycles. The summed E-state index contributed by atoms with van der Waals surface area (Å²) in [7, 11) is 0. The first-order valence-electron chi connectivity index (χ1n) is 17.4. The number of anilines is 1. The van der Waals surface area contributed by atoms with Crippen LogP contribution in [0.25, 0.3) is 0 Å². The van der Waals surface area contributed by atoms with Gasteiger partial charge in [-0.15, -0.1) is 0 Å². The predicted molar refractivity (Wildman–Crippen MR) is 192 cm³/mol. The van der Waals surface area contributed by atoms with Gasteiger partial charge in [0, 0.05) is 35.0 Å². The van der Waals surface area contributed by atoms with Crippen LogP contribution in [0.15, 0.2) is 57.1 Å². The molecular weight excluding hydrogens is 670 g/mol. The van der Waals surface area contributed by atoms with Gasteiger partial charge in [0.2, 0.25) is 5.91 Å². The van der Waals surface area contributed by atoms with E-state index < -0.39 is 11.8 Å². The van der Waals surface area contributed by atoms with Crippen LogP contribution in [0.4, 0.5) is 5.69 Å². The van der Waals surface area contributed by atoms with Crippen molar-refractivity contribution in [2.75, 3.05) is 44.6 Å². The molecule has 3 unspecified atom stereocenters. The minimum atomic E-state index is -0.549. The molecule has 2 N–H and O–H groups in total. The number of amides is 1. The topological polar surface area (TPSA) is 116 Å². The molecule has 2 heterocycles. The molecular formula is C38H48BrN5O4. The molecule has 2 aliphatic heterocycles. The van der Waals surface area contributed by atoms with Gasteiger partial charge < -0.3 is 25.0 Å². The summed E-state index contributed by atoms with van der Waals surface area (Å²) in [4.78, 5) is 33.4. The number of likely N-dealkylation sites (tertiary alicyclic amines) is 1. The summed E-state index contributed by atoms with van der Waals surface area (Å²) in [6, 6.07) is 13.9. The third-order valence-corrected chi connectivity index (χ3v) is 10.00. The highest BCUT2D eigenvalue weighted by Crippen LogP contribution is 2.48. The summed E-state index contributed by atoms with van der Waals surface area (Å²) >= 11 is 3.71. The highest BCUT2D eigenvalue weighted by atomic mass is 79.9. The molecule has 0 bridgehead atoms. The number of hydrogen-bond donors (Lipinski definition) is 2. The molecule has 1 amide bonds. The summed E-state index contributed by atoms with van der Waals surface area (Å²) in [5.41, 5.74) is 4.65. The average molecular weight is 719 g/mol. The number of rotatable bonds is 15. The summed E-state index contributed by atoms with van der Waals surface area (Å²) in [6.07, 6.45) is 6.88. The lowest BCUT2D eigenvalue weighted by atomic mass is 9.70. The van der Waals surface area contributed by atoms with Crippen LogP contribution in [0.3, 0.4) is 0 Å². The average Bonchev–Trinajstić information content (AvgIpc) is 3.57. The van der Waals surface area contributed by atoms with Gasteiger partial charge in [0.25, 0.3) is 0 Å². The molecule has 0 radical (unpaired) electrons. The fourth-order valence-corrected chi connectivity index (χ4v) is 7.76. The standard InChI is InChI=1S/C38H48BrN5O4/c1-4-10-26-18-32-37(33(45)19-26)36(30(22-40)25(3)42-32)28-20-31(39)38(34(21-28)47-5-2)48-24-27-11-8-12-29(17-27)43-35(46)23-41-13-9-16-44-14-6-7-15-44/h8,11-12,17,20-21,26,30,36,41H,4-7,9-10,13-16,18-19,23-24H2,1-3H3,(H,43,46). The normalized spacial score (nSPS) is 21.0. The number of aliphatic imine (C=N–C) groups is 1. The molecule has 48 heavy (non-hydrogen) atoms. The number of carbonyl (C=O) groups excluding carboxylic acids is 2. The van der Waals surface area contributed by atoms with E-state index in [0.717, 1.165) is 61.3 Å². The first-order valence-corrected chi connectivity index (χ1v) is 18.2. The van der Waals surface area contributed by atoms with Crippen molar-refractivity contribution in [3.8, 4) is 17.6 Å². The molecule has 9 nitrogen and oxygen atoms in total. The molecule has 256 valence electrons. The second kappa shape index (κ2) is 17.2. The molecule has 3 atom stereocenters. The van der Waals surface area contributed by atoms with Crippen LogP contribution in [0.5, 0.6) is 11.5 Å². The number of Topliss-reactive ketones (excluding diaryl/α,β-unsaturated/α-hetero) is 1. The Bertz CT molecular complexity index is 1580. The van der Waals surface area contributed by atoms with Crippen molar-refractivity contribution >= 4 is 39.0 Å². The fourth-order valence-electron chi connectivity index (χ4n) is 7.18. The first kappa shape index (κ1) is 35.8. The Labute approximate surface area is 293 Å². The largest absolute Gasteiger partial charge is 0.490 e. The molecule has 5 rings (SSSR count). The first-order chi connectivity index (χ1) is 23.3. The maximum absolute atomic E-state index is 13.6. The number of benzene rings is 2. The van der Waals surface area contributed by atoms with E-state index in [2.05, 4.69) is 44.5 Å². The van der Waals surface area contributed by atoms with E-state index in [1.807, 2.05) is 50.2 Å². The van der Waals surface area contributed by atoms with Gasteiger partial charge in [-0.25, -0.2) is 0 Å². The fraction of sp³-hybridized carbons (Fsp3) is 0.526. The van der Waals surface area contributed by atoms with Gasteiger partial charge in [-0.1, -0.05) is 25.5 Å². The van der Waals surface area contributed by atoms with E-state index in [1.54, 1.807) is 0 Å². The van der Waals surface area contributed by atoms with E-state index in [-0.39, 0.29) is 30.8 Å². The second-order valence-corrected chi connectivity index (χ2v) is 13.9. The molecule has 0 saturated carbocycles. The lowest BCUT2D eigenvalue weighted by Gasteiger charge is -2.35. The Morgan fingerprint density at radius 3 is 2.71 bits per heavy atom. The number of halogens is 1. The van der Waals surface area contributed by atoms with Crippen molar-refractivity contribution in [1.29, 1.82) is 5.26 Å². The van der Waals surface area contributed by atoms with Crippen LogP contribution in [-0.4, -0.2) is 61.6 Å². The van der Waals surface area contributed by atoms with E-state index in [4.69, 9.17) is 14.5 Å². The van der Waals surface area contributed by atoms with Crippen LogP contribution < -0.4 is 20.1 Å². The van der Waals surface area contributed by atoms with Gasteiger partial charge in [-0.3, -0.25) is 14.6 Å². The van der Waals surface area contributed by atoms with Crippen molar-refractivity contribution in [2.24, 2.45) is 16.8 Å². The van der Waals surface area contributed by atoms with E-state index >= 15 is 0 Å². The Morgan fingerprint density at radius 2 is 1.96 bits per heavy atom. The number of hydrogen-bond acceptors (Lipinski definition) is 8. The molecule has 2 aromatic rings. The van der Waals surface area contributed by atoms with Gasteiger partial charge in [0.05, 0.1) is 29.6 Å². The van der Waals surface area contributed by atoms with Gasteiger partial charge in [-0.05, 0) is 129 Å². The van der Waals surface area contributed by atoms with Crippen LogP contribution >= 0.6 is 15.9 Å². The number of carbonyl (C=O) groups is 2. The van der Waals surface area contributed by atoms with Crippen molar-refractivity contribution < 1.29 is 19.1 Å². The predicted octanol–water partition coefficient (Wildman–Crippen LogP) is 7.17. The highest BCUT2D eigenvalue weighted by Gasteiger charge is 2.41. The maximum Gasteiger partial charge on any atom is 0.238 e. The highest BCUT2D eigenvalue weighted by molar-refractivity contribution is 9.10. The second-order valence-electron chi connectivity index (χ2n) is 13.1. The number of ether oxygens (including phenoxy) is 2. The van der Waals surface area contributed by atoms with Crippen molar-refractivity contribution in [3.63, 3.8) is 0 Å². The zero-order chi connectivity index (χ0) is 34.0. The number of nitrogens with zero attached hydrogens (tertiary/aromatic N) is 3. The molecule has 1 fully saturated rings. The van der Waals surface area contributed by atoms with E-state index in [0.29, 0.717) is 40.3 Å². The molecule has 0 spiro atoms. The SMILES string of the molecule is CCCC1CC(=O)C2=C(C1)N=C(C)C(C#N)C2c1cc(Br)c(OCc2cccc(NC(=O)CNCCCN3CCCC3)c2)c(OCC)c1. The van der Waals surface area contributed by atoms with Crippen LogP contribution in [0, 0.1) is 23.2 Å². The van der Waals surface area contributed by atoms with Crippen LogP contribution in [-0.2, 0) is 16.2 Å². The number of allylic oxidation sites excluding steroid dienone is 2. The molecule has 0 aromatic heterocycles. The zero-order valence-corrected chi connectivity index (χ0v) is 30.0. The van der Waals surface area contributed by atoms with E-state index in [9.17, 15) is 14.9 Å². The Balaban J connectivity index is 1.26. The minimum Gasteiger partial charge on any atom is -0.490 e. The summed E-state index contributed by atoms with van der Waals surface area (Å²) in [5.74, 6) is 0.389. The van der Waals surface area contributed by atoms with Gasteiger partial charge in [0.1, 0.15) is 6.61 Å². The number of nitriles is 1. The smallest absolute Gasteiger partial charge is 0.238 e. The quantitative estimate of drug-likeness (QED) is 0.188. The Kier molecular flexibility index (Phi) is 12.8. The van der Waals surface area contributed by atoms with Gasteiger partial charge in [-0.2, -0.15) is 5.26 Å². The van der Waals surface area contributed by atoms with Crippen molar-refractivity contribution in [2.45, 2.75) is 78.2 Å². The van der Waals surface area contributed by atoms with E-state index in [1.165, 1.54) is 25.9 Å². The van der Waals surface area contributed by atoms with Crippen LogP contribution in [0.2, 0.25) is 0 Å². The summed E-state index contributed by atoms with van der Waals surface area (Å²) in [5, 5.41) is 16.5. The van der Waals surface area contributed by atoms with Crippen molar-refractivity contribution in [3.05, 3.63) is 63.3 Å². The Morgan fingerprint density at radius 1 is 1.15 bits per heavy atom. The minimum absolute atomic E-state index is 0.0829. The molecule has 3 aliphatic rings. The molecule has 1 aliphatic carbocycles. The zero-order valence-electron chi connectivity index (χ0n) is 28.4. The number of nitrogens with one attached hydrogen (secondary N) is 2. The Hall–Kier alpha value is -3.52. The third-order valence-electron chi connectivity index (χ3n) is 9.41. The monoisotopic (exact) mass is 717 g/mol. The van der Waals surface area contributed by atoms with Crippen molar-refractivity contribution in [1.82, 2.24) is 10.2 Å². The summed E-state index contributed by atoms with van der Waals surface area (Å²) in [6.45, 7) is 11.1. The molecule has 1 saturated heterocycles. The van der Waals surface area contributed by atoms with Gasteiger partial charge in [0.15, 0.2) is 17.3 Å². The van der Waals surface area contributed by atoms with Crippen LogP contribution in [0.1, 0.15) is 82.8 Å². The lowest BCUT2D eigenvalue weighted by Crippen LogP contribution is -2.32. The molecule has 10 heteroatoms.